The van der Waals surface area contributed by atoms with Crippen LogP contribution in [0.3, 0.4) is 0 Å². The Morgan fingerprint density at radius 3 is 3.08 bits per heavy atom. The molecule has 1 aromatic rings. The molecule has 0 bridgehead atoms. The van der Waals surface area contributed by atoms with Gasteiger partial charge in [0.15, 0.2) is 0 Å². The molecule has 1 aromatic heterocycles. The zero-order valence-corrected chi connectivity index (χ0v) is 6.24. The summed E-state index contributed by atoms with van der Waals surface area (Å²) in [5, 5.41) is 2.31. The van der Waals surface area contributed by atoms with Crippen molar-refractivity contribution >= 4 is 11.8 Å². The predicted octanol–water partition coefficient (Wildman–Crippen LogP) is 0.553. The first-order valence-electron chi connectivity index (χ1n) is 3.21. The number of anilines is 1. The second-order valence-corrected chi connectivity index (χ2v) is 2.06. The number of hydrogen-bond acceptors (Lipinski definition) is 2. The van der Waals surface area contributed by atoms with Crippen molar-refractivity contribution in [3.05, 3.63) is 23.9 Å². The smallest absolute Gasteiger partial charge is 0.317 e. The topological polar surface area (TPSA) is 68.0 Å². The van der Waals surface area contributed by atoms with Crippen LogP contribution < -0.4 is 11.1 Å². The van der Waals surface area contributed by atoms with Crippen molar-refractivity contribution in [2.45, 2.75) is 0 Å². The maximum Gasteiger partial charge on any atom is 0.317 e. The van der Waals surface area contributed by atoms with E-state index in [1.807, 2.05) is 0 Å². The lowest BCUT2D eigenvalue weighted by molar-refractivity contribution is 0.259. The summed E-state index contributed by atoms with van der Waals surface area (Å²) >= 11 is 0. The molecule has 1 rings (SSSR count). The molecule has 0 aliphatic rings. The lowest BCUT2D eigenvalue weighted by Crippen LogP contribution is -2.19. The Bertz CT molecular complexity index is 340. The van der Waals surface area contributed by atoms with E-state index in [4.69, 9.17) is 12.2 Å². The summed E-state index contributed by atoms with van der Waals surface area (Å²) in [4.78, 5) is 14.2. The fourth-order valence-corrected chi connectivity index (χ4v) is 0.715. The van der Waals surface area contributed by atoms with Crippen LogP contribution in [0.2, 0.25) is 0 Å². The summed E-state index contributed by atoms with van der Waals surface area (Å²) in [6.07, 6.45) is 6.63. The summed E-state index contributed by atoms with van der Waals surface area (Å²) in [5.74, 6) is 2.77. The molecule has 3 N–H and O–H groups in total. The van der Waals surface area contributed by atoms with Gasteiger partial charge in [-0.1, -0.05) is 5.92 Å². The molecule has 0 aliphatic heterocycles. The molecule has 1 heterocycles. The van der Waals surface area contributed by atoms with E-state index < -0.39 is 6.03 Å². The number of rotatable bonds is 1. The minimum atomic E-state index is -0.656. The van der Waals surface area contributed by atoms with Gasteiger partial charge in [-0.3, -0.25) is 5.32 Å². The van der Waals surface area contributed by atoms with Gasteiger partial charge in [0.1, 0.15) is 5.82 Å². The van der Waals surface area contributed by atoms with Gasteiger partial charge in [0.05, 0.1) is 0 Å². The van der Waals surface area contributed by atoms with Crippen LogP contribution in [0.5, 0.6) is 0 Å². The predicted molar refractivity (Wildman–Crippen MR) is 45.4 cm³/mol. The average Bonchev–Trinajstić information content (AvgIpc) is 2.03. The molecule has 0 spiro atoms. The fraction of sp³-hybridized carbons (Fsp3) is 0. The van der Waals surface area contributed by atoms with E-state index >= 15 is 0 Å². The molecule has 0 fully saturated rings. The minimum Gasteiger partial charge on any atom is -0.351 e. The Morgan fingerprint density at radius 2 is 2.50 bits per heavy atom. The zero-order valence-electron chi connectivity index (χ0n) is 6.24. The first-order valence-corrected chi connectivity index (χ1v) is 3.21. The Kier molecular flexibility index (Phi) is 2.29. The van der Waals surface area contributed by atoms with Gasteiger partial charge in [0.25, 0.3) is 0 Å². The van der Waals surface area contributed by atoms with Crippen LogP contribution in [0.25, 0.3) is 0 Å². The number of primary amides is 1. The van der Waals surface area contributed by atoms with Crippen molar-refractivity contribution in [3.8, 4) is 12.3 Å². The lowest BCUT2D eigenvalue weighted by Gasteiger charge is -1.99. The molecule has 60 valence electrons. The summed E-state index contributed by atoms with van der Waals surface area (Å²) in [6, 6.07) is 2.56. The number of nitrogens with two attached hydrogens (primary N) is 1. The van der Waals surface area contributed by atoms with Crippen molar-refractivity contribution in [1.29, 1.82) is 0 Å². The number of nitrogens with one attached hydrogen (secondary N) is 1. The minimum absolute atomic E-state index is 0.359. The van der Waals surface area contributed by atoms with E-state index in [2.05, 4.69) is 16.2 Å². The standard InChI is InChI=1S/C8H7N3O/c1-2-6-3-4-10-7(5-6)11-8(9)12/h1,3-5H,(H3,9,10,11,12). The van der Waals surface area contributed by atoms with Crippen LogP contribution in [0.1, 0.15) is 5.56 Å². The number of hydrogen-bond donors (Lipinski definition) is 2. The molecule has 0 aliphatic carbocycles. The van der Waals surface area contributed by atoms with Crippen molar-refractivity contribution in [1.82, 2.24) is 4.98 Å². The molecule has 0 unspecified atom stereocenters. The molecule has 0 saturated carbocycles. The van der Waals surface area contributed by atoms with Gasteiger partial charge in [-0.05, 0) is 12.1 Å². The number of nitrogens with zero attached hydrogens (tertiary/aromatic N) is 1. The van der Waals surface area contributed by atoms with Crippen LogP contribution in [0, 0.1) is 12.3 Å². The second-order valence-electron chi connectivity index (χ2n) is 2.06. The number of amides is 2. The van der Waals surface area contributed by atoms with Crippen molar-refractivity contribution in [3.63, 3.8) is 0 Å². The number of carbonyl (C=O) groups is 1. The Hall–Kier alpha value is -2.02. The van der Waals surface area contributed by atoms with Crippen LogP contribution in [0.4, 0.5) is 10.6 Å². The van der Waals surface area contributed by atoms with Gasteiger partial charge in [0, 0.05) is 11.8 Å². The fourth-order valence-electron chi connectivity index (χ4n) is 0.715. The Labute approximate surface area is 69.8 Å². The Morgan fingerprint density at radius 1 is 1.75 bits per heavy atom. The van der Waals surface area contributed by atoms with Gasteiger partial charge < -0.3 is 5.73 Å². The largest absolute Gasteiger partial charge is 0.351 e. The van der Waals surface area contributed by atoms with Crippen molar-refractivity contribution < 1.29 is 4.79 Å². The normalized spacial score (nSPS) is 8.58. The zero-order chi connectivity index (χ0) is 8.97. The molecule has 4 nitrogen and oxygen atoms in total. The monoisotopic (exact) mass is 161 g/mol. The summed E-state index contributed by atoms with van der Waals surface area (Å²) in [6.45, 7) is 0. The van der Waals surface area contributed by atoms with Crippen LogP contribution >= 0.6 is 0 Å². The SMILES string of the molecule is C#Cc1ccnc(NC(N)=O)c1. The maximum atomic E-state index is 10.4. The van der Waals surface area contributed by atoms with Crippen molar-refractivity contribution in [2.24, 2.45) is 5.73 Å². The van der Waals surface area contributed by atoms with E-state index in [1.165, 1.54) is 6.20 Å². The number of terminal acetylenes is 1. The van der Waals surface area contributed by atoms with E-state index in [9.17, 15) is 4.79 Å². The van der Waals surface area contributed by atoms with Gasteiger partial charge in [0.2, 0.25) is 0 Å². The molecule has 4 heteroatoms. The molecule has 0 saturated heterocycles. The highest BCUT2D eigenvalue weighted by Crippen LogP contribution is 2.04. The third kappa shape index (κ3) is 1.99. The quantitative estimate of drug-likeness (QED) is 0.590. The van der Waals surface area contributed by atoms with Crippen LogP contribution in [0.15, 0.2) is 18.3 Å². The maximum absolute atomic E-state index is 10.4. The van der Waals surface area contributed by atoms with E-state index in [0.29, 0.717) is 11.4 Å². The number of carbonyl (C=O) groups excluding carboxylic acids is 1. The molecule has 0 radical (unpaired) electrons. The molecule has 0 atom stereocenters. The van der Waals surface area contributed by atoms with Crippen LogP contribution in [-0.2, 0) is 0 Å². The Balaban J connectivity index is 2.88. The van der Waals surface area contributed by atoms with E-state index in [1.54, 1.807) is 12.1 Å². The average molecular weight is 161 g/mol. The number of pyridine rings is 1. The molecule has 0 aromatic carbocycles. The van der Waals surface area contributed by atoms with Crippen LogP contribution in [-0.4, -0.2) is 11.0 Å². The second kappa shape index (κ2) is 3.39. The van der Waals surface area contributed by atoms with E-state index in [-0.39, 0.29) is 0 Å². The van der Waals surface area contributed by atoms with Gasteiger partial charge >= 0.3 is 6.03 Å². The van der Waals surface area contributed by atoms with Gasteiger partial charge in [-0.2, -0.15) is 0 Å². The highest BCUT2D eigenvalue weighted by Gasteiger charge is 1.96. The van der Waals surface area contributed by atoms with E-state index in [0.717, 1.165) is 0 Å². The van der Waals surface area contributed by atoms with Gasteiger partial charge in [-0.15, -0.1) is 6.42 Å². The third-order valence-corrected chi connectivity index (χ3v) is 1.18. The lowest BCUT2D eigenvalue weighted by atomic mass is 10.3. The number of aromatic nitrogens is 1. The molecular formula is C8H7N3O. The highest BCUT2D eigenvalue weighted by atomic mass is 16.2. The third-order valence-electron chi connectivity index (χ3n) is 1.18. The molecule has 12 heavy (non-hydrogen) atoms. The summed E-state index contributed by atoms with van der Waals surface area (Å²) in [7, 11) is 0. The number of urea groups is 1. The summed E-state index contributed by atoms with van der Waals surface area (Å²) < 4.78 is 0. The molecule has 2 amide bonds. The summed E-state index contributed by atoms with van der Waals surface area (Å²) in [5.41, 5.74) is 5.52. The first kappa shape index (κ1) is 8.08. The molecular weight excluding hydrogens is 154 g/mol. The van der Waals surface area contributed by atoms with Gasteiger partial charge in [-0.25, -0.2) is 9.78 Å². The van der Waals surface area contributed by atoms with Crippen molar-refractivity contribution in [2.75, 3.05) is 5.32 Å². The highest BCUT2D eigenvalue weighted by molar-refractivity contribution is 5.86. The first-order chi connectivity index (χ1) is 5.72.